The summed E-state index contributed by atoms with van der Waals surface area (Å²) in [5.41, 5.74) is -3.38. The Kier molecular flexibility index (Phi) is 7.27. The molecule has 0 saturated heterocycles. The summed E-state index contributed by atoms with van der Waals surface area (Å²) >= 11 is 0. The second-order valence-corrected chi connectivity index (χ2v) is 10.0. The van der Waals surface area contributed by atoms with Crippen LogP contribution in [-0.2, 0) is 22.2 Å². The van der Waals surface area contributed by atoms with Crippen LogP contribution in [0.3, 0.4) is 0 Å². The molecular weight excluding hydrogens is 558 g/mol. The number of rotatable bonds is 6. The standard InChI is InChI=1S/C23H16F6N4O5S/c24-22(25,26)14-6-4-13(5-7-14)17-11-19(23(27,28)29)33-20(32-17)18(12-30-33)38-21(35)31-15-2-1-3-16(10-15)39(36,37)9-8-34/h1-7,10-12,34H,8-9H2,(H,31,35). The number of aliphatic hydroxyl groups excluding tert-OH is 1. The van der Waals surface area contributed by atoms with E-state index in [1.165, 1.54) is 18.2 Å². The van der Waals surface area contributed by atoms with Crippen molar-refractivity contribution in [1.29, 1.82) is 0 Å². The number of alkyl halides is 6. The first-order chi connectivity index (χ1) is 18.2. The molecule has 16 heteroatoms. The van der Waals surface area contributed by atoms with Crippen molar-refractivity contribution in [2.75, 3.05) is 17.7 Å². The molecule has 206 valence electrons. The summed E-state index contributed by atoms with van der Waals surface area (Å²) in [5, 5.41) is 14.7. The van der Waals surface area contributed by atoms with E-state index in [0.29, 0.717) is 22.7 Å². The number of amides is 1. The molecular formula is C23H16F6N4O5S. The normalized spacial score (nSPS) is 12.5. The molecule has 2 heterocycles. The molecule has 0 aliphatic rings. The zero-order valence-electron chi connectivity index (χ0n) is 19.3. The minimum absolute atomic E-state index is 0.0372. The number of aliphatic hydroxyl groups is 1. The molecule has 2 aromatic heterocycles. The van der Waals surface area contributed by atoms with Crippen molar-refractivity contribution in [2.24, 2.45) is 0 Å². The fourth-order valence-corrected chi connectivity index (χ4v) is 4.51. The third kappa shape index (κ3) is 6.12. The van der Waals surface area contributed by atoms with Gasteiger partial charge in [0.15, 0.2) is 26.9 Å². The van der Waals surface area contributed by atoms with Gasteiger partial charge < -0.3 is 9.84 Å². The highest BCUT2D eigenvalue weighted by molar-refractivity contribution is 7.91. The molecule has 0 aliphatic heterocycles. The van der Waals surface area contributed by atoms with Crippen LogP contribution in [0.4, 0.5) is 36.8 Å². The van der Waals surface area contributed by atoms with E-state index >= 15 is 0 Å². The predicted molar refractivity (Wildman–Crippen MR) is 124 cm³/mol. The van der Waals surface area contributed by atoms with Crippen molar-refractivity contribution >= 4 is 27.3 Å². The first-order valence-corrected chi connectivity index (χ1v) is 12.4. The number of carbonyl (C=O) groups excluding carboxylic acids is 1. The van der Waals surface area contributed by atoms with Gasteiger partial charge in [0.1, 0.15) is 0 Å². The summed E-state index contributed by atoms with van der Waals surface area (Å²) in [4.78, 5) is 16.3. The van der Waals surface area contributed by atoms with Crippen LogP contribution in [0.2, 0.25) is 0 Å². The van der Waals surface area contributed by atoms with Crippen LogP contribution in [0.1, 0.15) is 11.3 Å². The number of hydrogen-bond donors (Lipinski definition) is 2. The van der Waals surface area contributed by atoms with Crippen LogP contribution in [0.15, 0.2) is 65.7 Å². The van der Waals surface area contributed by atoms with Gasteiger partial charge in [-0.25, -0.2) is 22.7 Å². The highest BCUT2D eigenvalue weighted by atomic mass is 32.2. The smallest absolute Gasteiger partial charge is 0.404 e. The summed E-state index contributed by atoms with van der Waals surface area (Å²) in [7, 11) is -3.84. The minimum Gasteiger partial charge on any atom is -0.404 e. The van der Waals surface area contributed by atoms with Gasteiger partial charge in [0.05, 0.1) is 34.7 Å². The molecule has 0 bridgehead atoms. The van der Waals surface area contributed by atoms with E-state index in [1.807, 2.05) is 0 Å². The van der Waals surface area contributed by atoms with Gasteiger partial charge in [-0.05, 0) is 36.4 Å². The lowest BCUT2D eigenvalue weighted by molar-refractivity contribution is -0.142. The van der Waals surface area contributed by atoms with E-state index in [9.17, 15) is 39.6 Å². The minimum atomic E-state index is -4.96. The molecule has 0 spiro atoms. The number of hydrogen-bond acceptors (Lipinski definition) is 7. The summed E-state index contributed by atoms with van der Waals surface area (Å²) in [6.45, 7) is -0.627. The second-order valence-electron chi connectivity index (χ2n) is 7.93. The number of aromatic nitrogens is 3. The quantitative estimate of drug-likeness (QED) is 0.317. The lowest BCUT2D eigenvalue weighted by Gasteiger charge is -2.12. The Labute approximate surface area is 215 Å². The third-order valence-corrected chi connectivity index (χ3v) is 6.93. The van der Waals surface area contributed by atoms with Gasteiger partial charge in [-0.3, -0.25) is 5.32 Å². The maximum absolute atomic E-state index is 13.8. The molecule has 0 unspecified atom stereocenters. The van der Waals surface area contributed by atoms with Crippen molar-refractivity contribution < 1.29 is 49.4 Å². The molecule has 0 radical (unpaired) electrons. The SMILES string of the molecule is O=C(Nc1cccc(S(=O)(=O)CCO)c1)Oc1cnn2c(C(F)(F)F)cc(-c3ccc(C(F)(F)F)cc3)nc12. The molecule has 9 nitrogen and oxygen atoms in total. The Hall–Kier alpha value is -4.18. The van der Waals surface area contributed by atoms with Crippen LogP contribution in [0.5, 0.6) is 5.75 Å². The lowest BCUT2D eigenvalue weighted by atomic mass is 10.1. The van der Waals surface area contributed by atoms with Crippen molar-refractivity contribution in [2.45, 2.75) is 17.2 Å². The Balaban J connectivity index is 1.67. The molecule has 39 heavy (non-hydrogen) atoms. The monoisotopic (exact) mass is 574 g/mol. The second kappa shape index (κ2) is 10.2. The number of benzene rings is 2. The molecule has 2 aromatic carbocycles. The molecule has 0 fully saturated rings. The number of ether oxygens (including phenoxy) is 1. The van der Waals surface area contributed by atoms with Crippen LogP contribution >= 0.6 is 0 Å². The maximum atomic E-state index is 13.8. The summed E-state index contributed by atoms with van der Waals surface area (Å²) in [6.07, 6.45) is -10.1. The first kappa shape index (κ1) is 27.8. The topological polar surface area (TPSA) is 123 Å². The number of carbonyl (C=O) groups is 1. The van der Waals surface area contributed by atoms with Gasteiger partial charge >= 0.3 is 18.4 Å². The van der Waals surface area contributed by atoms with Gasteiger partial charge in [0.25, 0.3) is 0 Å². The Morgan fingerprint density at radius 3 is 2.31 bits per heavy atom. The molecule has 4 rings (SSSR count). The molecule has 0 aliphatic carbocycles. The molecule has 0 atom stereocenters. The van der Waals surface area contributed by atoms with Crippen LogP contribution in [0, 0.1) is 0 Å². The number of halogens is 6. The number of nitrogens with one attached hydrogen (secondary N) is 1. The molecule has 1 amide bonds. The number of anilines is 1. The van der Waals surface area contributed by atoms with Gasteiger partial charge in [-0.15, -0.1) is 0 Å². The third-order valence-electron chi connectivity index (χ3n) is 5.24. The van der Waals surface area contributed by atoms with Gasteiger partial charge in [-0.1, -0.05) is 18.2 Å². The predicted octanol–water partition coefficient (Wildman–Crippen LogP) is 4.81. The van der Waals surface area contributed by atoms with E-state index in [-0.39, 0.29) is 21.8 Å². The maximum Gasteiger partial charge on any atom is 0.433 e. The van der Waals surface area contributed by atoms with E-state index in [0.717, 1.165) is 24.4 Å². The Morgan fingerprint density at radius 1 is 1.00 bits per heavy atom. The number of sulfone groups is 1. The van der Waals surface area contributed by atoms with Crippen molar-refractivity contribution in [1.82, 2.24) is 14.6 Å². The fourth-order valence-electron chi connectivity index (χ4n) is 3.44. The Morgan fingerprint density at radius 2 is 1.69 bits per heavy atom. The highest BCUT2D eigenvalue weighted by Gasteiger charge is 2.36. The highest BCUT2D eigenvalue weighted by Crippen LogP contribution is 2.35. The van der Waals surface area contributed by atoms with Crippen molar-refractivity contribution in [3.05, 3.63) is 72.1 Å². The number of fused-ring (bicyclic) bond motifs is 1. The van der Waals surface area contributed by atoms with E-state index < -0.39 is 63.3 Å². The van der Waals surface area contributed by atoms with Gasteiger partial charge in [0, 0.05) is 11.3 Å². The average Bonchev–Trinajstić information content (AvgIpc) is 3.25. The van der Waals surface area contributed by atoms with Gasteiger partial charge in [-0.2, -0.15) is 31.4 Å². The van der Waals surface area contributed by atoms with Gasteiger partial charge in [0.2, 0.25) is 0 Å². The van der Waals surface area contributed by atoms with Crippen molar-refractivity contribution in [3.63, 3.8) is 0 Å². The van der Waals surface area contributed by atoms with E-state index in [1.54, 1.807) is 0 Å². The van der Waals surface area contributed by atoms with Crippen LogP contribution in [-0.4, -0.2) is 46.6 Å². The fraction of sp³-hybridized carbons (Fsp3) is 0.174. The zero-order valence-corrected chi connectivity index (χ0v) is 20.1. The van der Waals surface area contributed by atoms with Crippen LogP contribution < -0.4 is 10.1 Å². The first-order valence-electron chi connectivity index (χ1n) is 10.8. The molecule has 2 N–H and O–H groups in total. The van der Waals surface area contributed by atoms with E-state index in [4.69, 9.17) is 9.84 Å². The van der Waals surface area contributed by atoms with Crippen LogP contribution in [0.25, 0.3) is 16.9 Å². The van der Waals surface area contributed by atoms with Crippen molar-refractivity contribution in [3.8, 4) is 17.0 Å². The lowest BCUT2D eigenvalue weighted by Crippen LogP contribution is -2.18. The molecule has 0 saturated carbocycles. The summed E-state index contributed by atoms with van der Waals surface area (Å²) in [5.74, 6) is -1.08. The number of nitrogens with zero attached hydrogens (tertiary/aromatic N) is 3. The zero-order chi connectivity index (χ0) is 28.6. The average molecular weight is 574 g/mol. The Bertz CT molecular complexity index is 1630. The van der Waals surface area contributed by atoms with E-state index in [2.05, 4.69) is 15.4 Å². The molecule has 4 aromatic rings. The largest absolute Gasteiger partial charge is 0.433 e. The summed E-state index contributed by atoms with van der Waals surface area (Å²) in [6, 6.07) is 8.80. The summed E-state index contributed by atoms with van der Waals surface area (Å²) < 4.78 is 110.